The Balaban J connectivity index is 2.05. The molecule has 2 N–H and O–H groups in total. The van der Waals surface area contributed by atoms with Gasteiger partial charge in [-0.15, -0.1) is 0 Å². The van der Waals surface area contributed by atoms with Crippen molar-refractivity contribution in [2.75, 3.05) is 5.32 Å². The van der Waals surface area contributed by atoms with E-state index in [0.29, 0.717) is 17.6 Å². The number of hydrogen-bond acceptors (Lipinski definition) is 3. The molecule has 110 valence electrons. The van der Waals surface area contributed by atoms with Crippen molar-refractivity contribution in [2.45, 2.75) is 38.6 Å². The van der Waals surface area contributed by atoms with E-state index in [1.54, 1.807) is 0 Å². The maximum atomic E-state index is 11.5. The summed E-state index contributed by atoms with van der Waals surface area (Å²) in [4.78, 5) is 15.8. The fraction of sp³-hybridized carbons (Fsp3) is 0.412. The van der Waals surface area contributed by atoms with E-state index in [2.05, 4.69) is 17.2 Å². The van der Waals surface area contributed by atoms with Crippen LogP contribution in [-0.4, -0.2) is 22.1 Å². The van der Waals surface area contributed by atoms with E-state index in [4.69, 9.17) is 0 Å². The number of hydrogen-bond donors (Lipinski definition) is 2. The summed E-state index contributed by atoms with van der Waals surface area (Å²) in [6.07, 6.45) is 6.22. The van der Waals surface area contributed by atoms with Crippen LogP contribution in [0.25, 0.3) is 10.9 Å². The van der Waals surface area contributed by atoms with Crippen LogP contribution in [0.2, 0.25) is 0 Å². The van der Waals surface area contributed by atoms with Gasteiger partial charge in [-0.3, -0.25) is 4.98 Å². The molecule has 1 fully saturated rings. The molecule has 1 aliphatic carbocycles. The van der Waals surface area contributed by atoms with Gasteiger partial charge in [-0.25, -0.2) is 4.79 Å². The third kappa shape index (κ3) is 2.71. The van der Waals surface area contributed by atoms with Crippen molar-refractivity contribution in [3.63, 3.8) is 0 Å². The van der Waals surface area contributed by atoms with Gasteiger partial charge in [0.2, 0.25) is 0 Å². The first kappa shape index (κ1) is 13.9. The van der Waals surface area contributed by atoms with Gasteiger partial charge in [-0.1, -0.05) is 38.0 Å². The Hall–Kier alpha value is -2.10. The van der Waals surface area contributed by atoms with Crippen LogP contribution >= 0.6 is 0 Å². The SMILES string of the molecule is CC1CCCCC1Nc1c(C(=O)O)cnc2ccccc12. The molecule has 0 amide bonds. The summed E-state index contributed by atoms with van der Waals surface area (Å²) in [6.45, 7) is 2.24. The van der Waals surface area contributed by atoms with Crippen LogP contribution in [0.1, 0.15) is 43.0 Å². The molecule has 2 atom stereocenters. The van der Waals surface area contributed by atoms with Crippen LogP contribution in [0, 0.1) is 5.92 Å². The van der Waals surface area contributed by atoms with Gasteiger partial charge >= 0.3 is 5.97 Å². The Labute approximate surface area is 124 Å². The smallest absolute Gasteiger partial charge is 0.339 e. The molecule has 1 saturated carbocycles. The second kappa shape index (κ2) is 5.72. The number of carboxylic acid groups (broad SMARTS) is 1. The van der Waals surface area contributed by atoms with Crippen molar-refractivity contribution in [1.82, 2.24) is 4.98 Å². The molecule has 1 aromatic heterocycles. The normalized spacial score (nSPS) is 22.1. The summed E-state index contributed by atoms with van der Waals surface area (Å²) in [5, 5.41) is 13.8. The third-order valence-electron chi connectivity index (χ3n) is 4.45. The molecule has 2 aromatic rings. The largest absolute Gasteiger partial charge is 0.478 e. The number of anilines is 1. The lowest BCUT2D eigenvalue weighted by Crippen LogP contribution is -2.31. The van der Waals surface area contributed by atoms with Gasteiger partial charge in [0.15, 0.2) is 0 Å². The van der Waals surface area contributed by atoms with Crippen LogP contribution in [0.5, 0.6) is 0 Å². The molecular formula is C17H20N2O2. The first-order chi connectivity index (χ1) is 10.2. The molecule has 0 bridgehead atoms. The number of benzene rings is 1. The molecule has 1 aromatic carbocycles. The average Bonchev–Trinajstić information content (AvgIpc) is 2.49. The number of carboxylic acids is 1. The van der Waals surface area contributed by atoms with Gasteiger partial charge < -0.3 is 10.4 Å². The molecule has 3 rings (SSSR count). The fourth-order valence-electron chi connectivity index (χ4n) is 3.18. The molecule has 21 heavy (non-hydrogen) atoms. The minimum absolute atomic E-state index is 0.256. The van der Waals surface area contributed by atoms with Gasteiger partial charge in [0, 0.05) is 17.6 Å². The number of pyridine rings is 1. The van der Waals surface area contributed by atoms with E-state index >= 15 is 0 Å². The van der Waals surface area contributed by atoms with Crippen molar-refractivity contribution in [2.24, 2.45) is 5.92 Å². The number of aromatic carboxylic acids is 1. The van der Waals surface area contributed by atoms with Crippen molar-refractivity contribution in [1.29, 1.82) is 0 Å². The van der Waals surface area contributed by atoms with Crippen molar-refractivity contribution < 1.29 is 9.90 Å². The number of rotatable bonds is 3. The molecule has 1 heterocycles. The van der Waals surface area contributed by atoms with Crippen molar-refractivity contribution in [3.8, 4) is 0 Å². The van der Waals surface area contributed by atoms with Crippen LogP contribution in [-0.2, 0) is 0 Å². The first-order valence-electron chi connectivity index (χ1n) is 7.54. The van der Waals surface area contributed by atoms with Gasteiger partial charge in [-0.05, 0) is 24.8 Å². The molecule has 0 aliphatic heterocycles. The molecule has 4 heteroatoms. The van der Waals surface area contributed by atoms with E-state index in [0.717, 1.165) is 17.3 Å². The predicted molar refractivity (Wildman–Crippen MR) is 83.7 cm³/mol. The number of carbonyl (C=O) groups is 1. The van der Waals surface area contributed by atoms with Crippen molar-refractivity contribution >= 4 is 22.6 Å². The highest BCUT2D eigenvalue weighted by molar-refractivity contribution is 6.04. The van der Waals surface area contributed by atoms with Gasteiger partial charge in [0.05, 0.1) is 11.2 Å². The minimum atomic E-state index is -0.931. The Morgan fingerprint density at radius 1 is 1.29 bits per heavy atom. The molecule has 1 aliphatic rings. The average molecular weight is 284 g/mol. The Morgan fingerprint density at radius 3 is 2.81 bits per heavy atom. The molecule has 0 radical (unpaired) electrons. The maximum absolute atomic E-state index is 11.5. The number of para-hydroxylation sites is 1. The van der Waals surface area contributed by atoms with Crippen LogP contribution in [0.15, 0.2) is 30.5 Å². The standard InChI is InChI=1S/C17H20N2O2/c1-11-6-2-4-8-14(11)19-16-12-7-3-5-9-15(12)18-10-13(16)17(20)21/h3,5,7,9-11,14H,2,4,6,8H2,1H3,(H,18,19)(H,20,21). The third-order valence-corrected chi connectivity index (χ3v) is 4.45. The number of nitrogens with zero attached hydrogens (tertiary/aromatic N) is 1. The Kier molecular flexibility index (Phi) is 3.78. The summed E-state index contributed by atoms with van der Waals surface area (Å²) < 4.78 is 0. The van der Waals surface area contributed by atoms with E-state index in [1.165, 1.54) is 25.5 Å². The second-order valence-electron chi connectivity index (χ2n) is 5.88. The highest BCUT2D eigenvalue weighted by Gasteiger charge is 2.24. The van der Waals surface area contributed by atoms with Crippen molar-refractivity contribution in [3.05, 3.63) is 36.0 Å². The lowest BCUT2D eigenvalue weighted by molar-refractivity contribution is 0.0697. The molecule has 4 nitrogen and oxygen atoms in total. The summed E-state index contributed by atoms with van der Waals surface area (Å²) in [5.74, 6) is -0.369. The Morgan fingerprint density at radius 2 is 2.05 bits per heavy atom. The molecule has 2 unspecified atom stereocenters. The van der Waals surface area contributed by atoms with E-state index in [9.17, 15) is 9.90 Å². The van der Waals surface area contributed by atoms with Gasteiger partial charge in [-0.2, -0.15) is 0 Å². The van der Waals surface area contributed by atoms with E-state index < -0.39 is 5.97 Å². The summed E-state index contributed by atoms with van der Waals surface area (Å²) >= 11 is 0. The lowest BCUT2D eigenvalue weighted by Gasteiger charge is -2.31. The predicted octanol–water partition coefficient (Wildman–Crippen LogP) is 3.92. The maximum Gasteiger partial charge on any atom is 0.339 e. The molecule has 0 spiro atoms. The second-order valence-corrected chi connectivity index (χ2v) is 5.88. The summed E-state index contributed by atoms with van der Waals surface area (Å²) in [7, 11) is 0. The number of fused-ring (bicyclic) bond motifs is 1. The van der Waals surface area contributed by atoms with E-state index in [1.807, 2.05) is 24.3 Å². The number of nitrogens with one attached hydrogen (secondary N) is 1. The monoisotopic (exact) mass is 284 g/mol. The van der Waals surface area contributed by atoms with Gasteiger partial charge in [0.25, 0.3) is 0 Å². The highest BCUT2D eigenvalue weighted by atomic mass is 16.4. The zero-order valence-electron chi connectivity index (χ0n) is 12.2. The highest BCUT2D eigenvalue weighted by Crippen LogP contribution is 2.31. The molecule has 0 saturated heterocycles. The zero-order valence-corrected chi connectivity index (χ0v) is 12.2. The van der Waals surface area contributed by atoms with E-state index in [-0.39, 0.29) is 5.56 Å². The zero-order chi connectivity index (χ0) is 14.8. The lowest BCUT2D eigenvalue weighted by atomic mass is 9.85. The van der Waals surface area contributed by atoms with Crippen LogP contribution in [0.4, 0.5) is 5.69 Å². The van der Waals surface area contributed by atoms with Gasteiger partial charge in [0.1, 0.15) is 5.56 Å². The first-order valence-corrected chi connectivity index (χ1v) is 7.54. The fourth-order valence-corrected chi connectivity index (χ4v) is 3.18. The summed E-state index contributed by atoms with van der Waals surface area (Å²) in [5.41, 5.74) is 1.80. The molecular weight excluding hydrogens is 264 g/mol. The number of aromatic nitrogens is 1. The quantitative estimate of drug-likeness (QED) is 0.896. The van der Waals surface area contributed by atoms with Crippen LogP contribution in [0.3, 0.4) is 0 Å². The Bertz CT molecular complexity index is 669. The van der Waals surface area contributed by atoms with Crippen LogP contribution < -0.4 is 5.32 Å². The minimum Gasteiger partial charge on any atom is -0.478 e. The topological polar surface area (TPSA) is 62.2 Å². The summed E-state index contributed by atoms with van der Waals surface area (Å²) in [6, 6.07) is 8.03.